The van der Waals surface area contributed by atoms with Gasteiger partial charge in [0, 0.05) is 13.6 Å². The van der Waals surface area contributed by atoms with Crippen LogP contribution in [0.4, 0.5) is 5.69 Å². The fourth-order valence-corrected chi connectivity index (χ4v) is 5.50. The standard InChI is InChI=1S/C27H31N3O3S.CH4O3S/c1-29(26(21-30-18-10-11-19-30)22-12-4-2-5-13-22)27(31)20-23-14-8-9-17-25(23)28-34(32,33)24-15-6-3-7-16-24;1-5(2,3)4/h2-9,12-17,26,28H,10-11,18-21H2,1H3;1H3,(H,2,3,4). The molecule has 210 valence electrons. The van der Waals surface area contributed by atoms with E-state index in [1.807, 2.05) is 31.3 Å². The van der Waals surface area contributed by atoms with Crippen LogP contribution in [0.15, 0.2) is 89.8 Å². The predicted octanol–water partition coefficient (Wildman–Crippen LogP) is 3.83. The molecule has 39 heavy (non-hydrogen) atoms. The Bertz CT molecular complexity index is 1420. The van der Waals surface area contributed by atoms with E-state index in [4.69, 9.17) is 4.55 Å². The summed E-state index contributed by atoms with van der Waals surface area (Å²) < 4.78 is 54.2. The molecular formula is C28H35N3O6S2. The second-order valence-electron chi connectivity index (χ2n) is 9.42. The van der Waals surface area contributed by atoms with Crippen LogP contribution in [0.5, 0.6) is 0 Å². The average molecular weight is 574 g/mol. The first-order chi connectivity index (χ1) is 18.4. The van der Waals surface area contributed by atoms with Crippen LogP contribution in [-0.2, 0) is 31.4 Å². The molecule has 2 N–H and O–H groups in total. The minimum absolute atomic E-state index is 0.0561. The zero-order chi connectivity index (χ0) is 28.5. The molecule has 1 aliphatic heterocycles. The molecule has 0 saturated carbocycles. The second kappa shape index (κ2) is 13.7. The Morgan fingerprint density at radius 1 is 0.897 bits per heavy atom. The highest BCUT2D eigenvalue weighted by molar-refractivity contribution is 7.92. The van der Waals surface area contributed by atoms with Crippen molar-refractivity contribution in [1.82, 2.24) is 9.80 Å². The highest BCUT2D eigenvalue weighted by Gasteiger charge is 2.26. The summed E-state index contributed by atoms with van der Waals surface area (Å²) in [5.41, 5.74) is 2.17. The first-order valence-electron chi connectivity index (χ1n) is 12.6. The molecule has 1 heterocycles. The van der Waals surface area contributed by atoms with Crippen LogP contribution >= 0.6 is 0 Å². The Balaban J connectivity index is 0.000000771. The molecule has 0 radical (unpaired) electrons. The van der Waals surface area contributed by atoms with Gasteiger partial charge in [-0.3, -0.25) is 14.1 Å². The molecule has 0 aliphatic carbocycles. The maximum atomic E-state index is 13.4. The Hall–Kier alpha value is -3.25. The topological polar surface area (TPSA) is 124 Å². The summed E-state index contributed by atoms with van der Waals surface area (Å²) in [6.07, 6.45) is 3.20. The Morgan fingerprint density at radius 2 is 1.41 bits per heavy atom. The lowest BCUT2D eigenvalue weighted by atomic mass is 10.0. The number of hydrogen-bond donors (Lipinski definition) is 2. The third kappa shape index (κ3) is 9.77. The van der Waals surface area contributed by atoms with Gasteiger partial charge in [0.05, 0.1) is 29.3 Å². The zero-order valence-electron chi connectivity index (χ0n) is 22.1. The smallest absolute Gasteiger partial charge is 0.261 e. The highest BCUT2D eigenvalue weighted by Crippen LogP contribution is 2.26. The van der Waals surface area contributed by atoms with Crippen molar-refractivity contribution in [2.75, 3.05) is 37.7 Å². The largest absolute Gasteiger partial charge is 0.337 e. The van der Waals surface area contributed by atoms with E-state index in [1.165, 1.54) is 12.8 Å². The van der Waals surface area contributed by atoms with Gasteiger partial charge in [0.1, 0.15) is 0 Å². The Labute approximate surface area is 231 Å². The van der Waals surface area contributed by atoms with Crippen molar-refractivity contribution < 1.29 is 26.2 Å². The van der Waals surface area contributed by atoms with Crippen molar-refractivity contribution >= 4 is 31.7 Å². The number of likely N-dealkylation sites (N-methyl/N-ethyl adjacent to an activating group) is 1. The number of hydrogen-bond acceptors (Lipinski definition) is 6. The van der Waals surface area contributed by atoms with Gasteiger partial charge in [-0.2, -0.15) is 8.42 Å². The van der Waals surface area contributed by atoms with E-state index in [0.717, 1.165) is 25.2 Å². The van der Waals surface area contributed by atoms with Crippen molar-refractivity contribution in [2.45, 2.75) is 30.2 Å². The third-order valence-corrected chi connectivity index (χ3v) is 7.71. The van der Waals surface area contributed by atoms with Crippen LogP contribution in [0.2, 0.25) is 0 Å². The molecule has 1 aliphatic rings. The first-order valence-corrected chi connectivity index (χ1v) is 15.9. The Morgan fingerprint density at radius 3 is 2.00 bits per heavy atom. The lowest BCUT2D eigenvalue weighted by molar-refractivity contribution is -0.131. The maximum absolute atomic E-state index is 13.4. The van der Waals surface area contributed by atoms with E-state index in [9.17, 15) is 21.6 Å². The number of sulfonamides is 1. The molecule has 1 saturated heterocycles. The summed E-state index contributed by atoms with van der Waals surface area (Å²) in [7, 11) is -5.58. The number of nitrogens with one attached hydrogen (secondary N) is 1. The van der Waals surface area contributed by atoms with E-state index in [2.05, 4.69) is 21.8 Å². The normalized spacial score (nSPS) is 14.6. The predicted molar refractivity (Wildman–Crippen MR) is 152 cm³/mol. The summed E-state index contributed by atoms with van der Waals surface area (Å²) in [5, 5.41) is 0. The average Bonchev–Trinajstić information content (AvgIpc) is 3.41. The van der Waals surface area contributed by atoms with Gasteiger partial charge in [-0.05, 0) is 55.3 Å². The van der Waals surface area contributed by atoms with Gasteiger partial charge in [0.15, 0.2) is 0 Å². The number of carbonyl (C=O) groups excluding carboxylic acids is 1. The summed E-state index contributed by atoms with van der Waals surface area (Å²) in [4.78, 5) is 17.8. The van der Waals surface area contributed by atoms with Crippen molar-refractivity contribution in [2.24, 2.45) is 0 Å². The van der Waals surface area contributed by atoms with Gasteiger partial charge in [0.2, 0.25) is 5.91 Å². The van der Waals surface area contributed by atoms with E-state index < -0.39 is 20.1 Å². The first kappa shape index (κ1) is 30.3. The molecule has 1 amide bonds. The monoisotopic (exact) mass is 573 g/mol. The highest BCUT2D eigenvalue weighted by atomic mass is 32.2. The van der Waals surface area contributed by atoms with Crippen molar-refractivity contribution in [3.05, 3.63) is 96.1 Å². The lowest BCUT2D eigenvalue weighted by Crippen LogP contribution is -2.39. The number of likely N-dealkylation sites (tertiary alicyclic amines) is 1. The van der Waals surface area contributed by atoms with Gasteiger partial charge in [-0.15, -0.1) is 0 Å². The van der Waals surface area contributed by atoms with Gasteiger partial charge in [-0.1, -0.05) is 66.7 Å². The SMILES string of the molecule is CN(C(=O)Cc1ccccc1NS(=O)(=O)c1ccccc1)C(CN1CCCC1)c1ccccc1.CS(=O)(=O)O. The number of amides is 1. The third-order valence-electron chi connectivity index (χ3n) is 6.33. The number of nitrogens with zero attached hydrogens (tertiary/aromatic N) is 2. The minimum Gasteiger partial charge on any atom is -0.337 e. The molecule has 1 atom stereocenters. The lowest BCUT2D eigenvalue weighted by Gasteiger charge is -2.32. The molecule has 3 aromatic carbocycles. The maximum Gasteiger partial charge on any atom is 0.261 e. The minimum atomic E-state index is -3.75. The molecule has 1 unspecified atom stereocenters. The molecule has 0 aromatic heterocycles. The molecule has 0 spiro atoms. The van der Waals surface area contributed by atoms with E-state index >= 15 is 0 Å². The number of para-hydroxylation sites is 1. The van der Waals surface area contributed by atoms with Crippen LogP contribution < -0.4 is 4.72 Å². The van der Waals surface area contributed by atoms with Crippen LogP contribution in [0.25, 0.3) is 0 Å². The molecule has 3 aromatic rings. The summed E-state index contributed by atoms with van der Waals surface area (Å²) in [6, 6.07) is 25.3. The quantitative estimate of drug-likeness (QED) is 0.373. The fourth-order valence-electron chi connectivity index (χ4n) is 4.38. The van der Waals surface area contributed by atoms with Crippen LogP contribution in [-0.4, -0.2) is 70.0 Å². The van der Waals surface area contributed by atoms with Crippen LogP contribution in [0.3, 0.4) is 0 Å². The summed E-state index contributed by atoms with van der Waals surface area (Å²) in [5.74, 6) is -0.0561. The second-order valence-corrected chi connectivity index (χ2v) is 12.6. The molecular weight excluding hydrogens is 538 g/mol. The van der Waals surface area contributed by atoms with Gasteiger partial charge < -0.3 is 9.80 Å². The summed E-state index contributed by atoms with van der Waals surface area (Å²) >= 11 is 0. The van der Waals surface area contributed by atoms with E-state index in [1.54, 1.807) is 53.4 Å². The molecule has 9 nitrogen and oxygen atoms in total. The van der Waals surface area contributed by atoms with Gasteiger partial charge in [-0.25, -0.2) is 8.42 Å². The van der Waals surface area contributed by atoms with Crippen LogP contribution in [0, 0.1) is 0 Å². The number of carbonyl (C=O) groups is 1. The number of anilines is 1. The fraction of sp³-hybridized carbons (Fsp3) is 0.321. The van der Waals surface area contributed by atoms with Crippen molar-refractivity contribution in [1.29, 1.82) is 0 Å². The van der Waals surface area contributed by atoms with Gasteiger partial charge in [0.25, 0.3) is 20.1 Å². The number of rotatable bonds is 9. The molecule has 11 heteroatoms. The molecule has 1 fully saturated rings. The molecule has 0 bridgehead atoms. The van der Waals surface area contributed by atoms with Crippen molar-refractivity contribution in [3.63, 3.8) is 0 Å². The van der Waals surface area contributed by atoms with E-state index in [0.29, 0.717) is 17.5 Å². The Kier molecular flexibility index (Phi) is 10.6. The number of benzene rings is 3. The van der Waals surface area contributed by atoms with Crippen LogP contribution in [0.1, 0.15) is 30.0 Å². The van der Waals surface area contributed by atoms with Gasteiger partial charge >= 0.3 is 0 Å². The summed E-state index contributed by atoms with van der Waals surface area (Å²) in [6.45, 7) is 2.89. The molecule has 4 rings (SSSR count). The zero-order valence-corrected chi connectivity index (χ0v) is 23.7. The van der Waals surface area contributed by atoms with E-state index in [-0.39, 0.29) is 23.3 Å². The van der Waals surface area contributed by atoms with Crippen molar-refractivity contribution in [3.8, 4) is 0 Å².